The Bertz CT molecular complexity index is 708. The maximum Gasteiger partial charge on any atom is 0.242 e. The predicted molar refractivity (Wildman–Crippen MR) is 70.1 cm³/mol. The van der Waals surface area contributed by atoms with Gasteiger partial charge in [-0.3, -0.25) is 4.68 Å². The zero-order valence-corrected chi connectivity index (χ0v) is 11.8. The van der Waals surface area contributed by atoms with Crippen LogP contribution in [-0.4, -0.2) is 40.9 Å². The molecule has 0 aromatic carbocycles. The number of aryl methyl sites for hydroxylation is 2. The molecule has 0 aliphatic rings. The van der Waals surface area contributed by atoms with E-state index in [2.05, 4.69) is 14.8 Å². The maximum absolute atomic E-state index is 12.1. The molecule has 0 radical (unpaired) electrons. The summed E-state index contributed by atoms with van der Waals surface area (Å²) in [6.07, 6.45) is 1.29. The van der Waals surface area contributed by atoms with Gasteiger partial charge in [0.2, 0.25) is 10.0 Å². The largest absolute Gasteiger partial charge is 0.395 e. The minimum Gasteiger partial charge on any atom is -0.395 e. The average molecular weight is 284 g/mol. The summed E-state index contributed by atoms with van der Waals surface area (Å²) in [6, 6.07) is 0.993. The molecule has 19 heavy (non-hydrogen) atoms. The Hall–Kier alpha value is -1.51. The van der Waals surface area contributed by atoms with Gasteiger partial charge < -0.3 is 5.11 Å². The Kier molecular flexibility index (Phi) is 3.57. The first-order valence-corrected chi connectivity index (χ1v) is 7.26. The van der Waals surface area contributed by atoms with Crippen molar-refractivity contribution in [3.63, 3.8) is 0 Å². The van der Waals surface area contributed by atoms with E-state index >= 15 is 0 Å². The third-order valence-corrected chi connectivity index (χ3v) is 4.33. The fourth-order valence-electron chi connectivity index (χ4n) is 1.81. The molecule has 0 bridgehead atoms. The summed E-state index contributed by atoms with van der Waals surface area (Å²) in [6.45, 7) is 3.11. The van der Waals surface area contributed by atoms with Crippen LogP contribution in [0.1, 0.15) is 12.6 Å². The van der Waals surface area contributed by atoms with E-state index in [4.69, 9.17) is 5.11 Å². The van der Waals surface area contributed by atoms with Crippen LogP contribution in [0.4, 0.5) is 0 Å². The zero-order chi connectivity index (χ0) is 14.2. The van der Waals surface area contributed by atoms with Crippen molar-refractivity contribution in [1.29, 1.82) is 0 Å². The number of nitrogens with one attached hydrogen (secondary N) is 1. The van der Waals surface area contributed by atoms with Crippen LogP contribution in [0.5, 0.6) is 0 Å². The Balaban J connectivity index is 2.49. The number of aliphatic hydroxyl groups excluding tert-OH is 1. The summed E-state index contributed by atoms with van der Waals surface area (Å²) in [7, 11) is -1.93. The van der Waals surface area contributed by atoms with Crippen molar-refractivity contribution >= 4 is 21.1 Å². The quantitative estimate of drug-likeness (QED) is 0.819. The number of aliphatic hydroxyl groups is 1. The molecule has 0 saturated heterocycles. The standard InChI is InChI=1S/C11H16N4O3S/c1-7(6-16)14-19(17,18)9-4-10-8(2)13-15(3)11(10)12-5-9/h4-5,7,14,16H,6H2,1-3H3/t7-/m0/s1. The van der Waals surface area contributed by atoms with Gasteiger partial charge in [0.05, 0.1) is 12.3 Å². The van der Waals surface area contributed by atoms with Crippen LogP contribution in [0.3, 0.4) is 0 Å². The predicted octanol–water partition coefficient (Wildman–Crippen LogP) is -0.0642. The fraction of sp³-hybridized carbons (Fsp3) is 0.455. The minimum atomic E-state index is -3.68. The number of rotatable bonds is 4. The van der Waals surface area contributed by atoms with Crippen LogP contribution in [-0.2, 0) is 17.1 Å². The molecule has 0 amide bonds. The van der Waals surface area contributed by atoms with Gasteiger partial charge in [-0.15, -0.1) is 0 Å². The molecular formula is C11H16N4O3S. The van der Waals surface area contributed by atoms with E-state index in [1.54, 1.807) is 25.6 Å². The second kappa shape index (κ2) is 4.87. The lowest BCUT2D eigenvalue weighted by Crippen LogP contribution is -2.35. The van der Waals surface area contributed by atoms with E-state index in [0.29, 0.717) is 11.0 Å². The minimum absolute atomic E-state index is 0.0661. The summed E-state index contributed by atoms with van der Waals surface area (Å²) in [4.78, 5) is 4.19. The molecule has 1 atom stereocenters. The second-order valence-corrected chi connectivity index (χ2v) is 6.17. The van der Waals surface area contributed by atoms with E-state index in [1.165, 1.54) is 12.3 Å². The molecule has 104 valence electrons. The highest BCUT2D eigenvalue weighted by atomic mass is 32.2. The lowest BCUT2D eigenvalue weighted by molar-refractivity contribution is 0.265. The molecule has 8 heteroatoms. The monoisotopic (exact) mass is 284 g/mol. The highest BCUT2D eigenvalue weighted by Gasteiger charge is 2.19. The third kappa shape index (κ3) is 2.60. The molecule has 7 nitrogen and oxygen atoms in total. The molecule has 0 unspecified atom stereocenters. The first-order chi connectivity index (χ1) is 8.85. The number of pyridine rings is 1. The van der Waals surface area contributed by atoms with Crippen LogP contribution in [0.15, 0.2) is 17.2 Å². The van der Waals surface area contributed by atoms with Gasteiger partial charge in [-0.25, -0.2) is 18.1 Å². The molecule has 0 aliphatic heterocycles. The van der Waals surface area contributed by atoms with Crippen LogP contribution in [0.2, 0.25) is 0 Å². The lowest BCUT2D eigenvalue weighted by Gasteiger charge is -2.11. The zero-order valence-electron chi connectivity index (χ0n) is 11.0. The first kappa shape index (κ1) is 13.9. The van der Waals surface area contributed by atoms with Crippen LogP contribution in [0, 0.1) is 6.92 Å². The van der Waals surface area contributed by atoms with Crippen molar-refractivity contribution < 1.29 is 13.5 Å². The molecule has 0 aliphatic carbocycles. The number of sulfonamides is 1. The van der Waals surface area contributed by atoms with Gasteiger partial charge in [0.25, 0.3) is 0 Å². The number of hydrogen-bond acceptors (Lipinski definition) is 5. The van der Waals surface area contributed by atoms with Gasteiger partial charge in [-0.1, -0.05) is 0 Å². The first-order valence-electron chi connectivity index (χ1n) is 5.77. The van der Waals surface area contributed by atoms with Gasteiger partial charge in [-0.05, 0) is 19.9 Å². The molecule has 2 aromatic rings. The molecule has 2 heterocycles. The van der Waals surface area contributed by atoms with Crippen LogP contribution < -0.4 is 4.72 Å². The molecule has 2 aromatic heterocycles. The third-order valence-electron chi connectivity index (χ3n) is 2.78. The van der Waals surface area contributed by atoms with Gasteiger partial charge >= 0.3 is 0 Å². The number of fused-ring (bicyclic) bond motifs is 1. The summed E-state index contributed by atoms with van der Waals surface area (Å²) >= 11 is 0. The normalized spacial score (nSPS) is 13.9. The number of aromatic nitrogens is 3. The van der Waals surface area contributed by atoms with Gasteiger partial charge in [0.1, 0.15) is 4.90 Å². The topological polar surface area (TPSA) is 97.1 Å². The van der Waals surface area contributed by atoms with Gasteiger partial charge in [-0.2, -0.15) is 5.10 Å². The summed E-state index contributed by atoms with van der Waals surface area (Å²) in [5.74, 6) is 0. The Morgan fingerprint density at radius 3 is 2.84 bits per heavy atom. The van der Waals surface area contributed by atoms with Crippen molar-refractivity contribution in [2.75, 3.05) is 6.61 Å². The SMILES string of the molecule is Cc1nn(C)c2ncc(S(=O)(=O)N[C@@H](C)CO)cc12. The van der Waals surface area contributed by atoms with Crippen molar-refractivity contribution in [2.45, 2.75) is 24.8 Å². The molecular weight excluding hydrogens is 268 g/mol. The smallest absolute Gasteiger partial charge is 0.242 e. The van der Waals surface area contributed by atoms with Crippen LogP contribution >= 0.6 is 0 Å². The summed E-state index contributed by atoms with van der Waals surface area (Å²) in [5.41, 5.74) is 1.35. The van der Waals surface area contributed by atoms with E-state index < -0.39 is 16.1 Å². The number of nitrogens with zero attached hydrogens (tertiary/aromatic N) is 3. The number of hydrogen-bond donors (Lipinski definition) is 2. The lowest BCUT2D eigenvalue weighted by atomic mass is 10.3. The van der Waals surface area contributed by atoms with Crippen molar-refractivity contribution in [3.05, 3.63) is 18.0 Å². The van der Waals surface area contributed by atoms with E-state index in [0.717, 1.165) is 5.69 Å². The van der Waals surface area contributed by atoms with Gasteiger partial charge in [0, 0.05) is 24.7 Å². The van der Waals surface area contributed by atoms with Crippen molar-refractivity contribution in [2.24, 2.45) is 7.05 Å². The average Bonchev–Trinajstić information content (AvgIpc) is 2.64. The van der Waals surface area contributed by atoms with Crippen molar-refractivity contribution in [1.82, 2.24) is 19.5 Å². The summed E-state index contributed by atoms with van der Waals surface area (Å²) < 4.78 is 28.1. The maximum atomic E-state index is 12.1. The molecule has 0 spiro atoms. The van der Waals surface area contributed by atoms with Gasteiger partial charge in [0.15, 0.2) is 5.65 Å². The summed E-state index contributed by atoms with van der Waals surface area (Å²) in [5, 5.41) is 13.8. The molecule has 0 saturated carbocycles. The highest BCUT2D eigenvalue weighted by molar-refractivity contribution is 7.89. The van der Waals surface area contributed by atoms with Crippen molar-refractivity contribution in [3.8, 4) is 0 Å². The second-order valence-electron chi connectivity index (χ2n) is 4.46. The van der Waals surface area contributed by atoms with E-state index in [1.807, 2.05) is 0 Å². The molecule has 2 N–H and O–H groups in total. The Morgan fingerprint density at radius 1 is 1.53 bits per heavy atom. The van der Waals surface area contributed by atoms with E-state index in [-0.39, 0.29) is 11.5 Å². The molecule has 2 rings (SSSR count). The highest BCUT2D eigenvalue weighted by Crippen LogP contribution is 2.19. The Morgan fingerprint density at radius 2 is 2.21 bits per heavy atom. The Labute approximate surface area is 111 Å². The van der Waals surface area contributed by atoms with Crippen LogP contribution in [0.25, 0.3) is 11.0 Å². The fourth-order valence-corrected chi connectivity index (χ4v) is 3.01. The van der Waals surface area contributed by atoms with E-state index in [9.17, 15) is 8.42 Å². The molecule has 0 fully saturated rings.